The van der Waals surface area contributed by atoms with E-state index in [9.17, 15) is 14.2 Å². The lowest BCUT2D eigenvalue weighted by molar-refractivity contribution is 0.0688. The lowest BCUT2D eigenvalue weighted by Gasteiger charge is -2.23. The van der Waals surface area contributed by atoms with E-state index in [0.717, 1.165) is 6.07 Å². The summed E-state index contributed by atoms with van der Waals surface area (Å²) in [5, 5.41) is 18.4. The van der Waals surface area contributed by atoms with Crippen LogP contribution in [0.2, 0.25) is 0 Å². The number of hydrogen-bond acceptors (Lipinski definition) is 5. The van der Waals surface area contributed by atoms with Crippen LogP contribution in [-0.4, -0.2) is 36.3 Å². The predicted octanol–water partition coefficient (Wildman–Crippen LogP) is 0.713. The second kappa shape index (κ2) is 4.73. The lowest BCUT2D eigenvalue weighted by Crippen LogP contribution is -2.35. The maximum absolute atomic E-state index is 13.7. The van der Waals surface area contributed by atoms with Crippen LogP contribution in [0.15, 0.2) is 6.07 Å². The molecule has 1 aromatic rings. The Morgan fingerprint density at radius 1 is 1.61 bits per heavy atom. The topological polar surface area (TPSA) is 85.2 Å². The number of carboxylic acid groups (broad SMARTS) is 1. The quantitative estimate of drug-likeness (QED) is 0.775. The van der Waals surface area contributed by atoms with E-state index in [1.54, 1.807) is 6.92 Å². The molecule has 0 fully saturated rings. The highest BCUT2D eigenvalue weighted by Crippen LogP contribution is 2.42. The minimum Gasteiger partial charge on any atom is -0.531 e. The summed E-state index contributed by atoms with van der Waals surface area (Å²) in [5.41, 5.74) is -0.369. The lowest BCUT2D eigenvalue weighted by atomic mass is 9.91. The molecule has 0 saturated heterocycles. The molecule has 0 radical (unpaired) electrons. The molecule has 1 aliphatic rings. The van der Waals surface area contributed by atoms with Crippen LogP contribution in [0.25, 0.3) is 0 Å². The standard InChI is InChI=1S/C10H10BFO6/c1-2-16-6-3-5(12)8-9(7(6)10(13)14)18-11(15)4-17-8/h3,15H,2,4H2,1H3,(H,13,14). The smallest absolute Gasteiger partial charge is 0.531 e. The van der Waals surface area contributed by atoms with Crippen LogP contribution in [0.3, 0.4) is 0 Å². The van der Waals surface area contributed by atoms with E-state index >= 15 is 0 Å². The Hall–Kier alpha value is -1.96. The van der Waals surface area contributed by atoms with Crippen molar-refractivity contribution < 1.29 is 33.4 Å². The van der Waals surface area contributed by atoms with Gasteiger partial charge in [-0.25, -0.2) is 9.18 Å². The van der Waals surface area contributed by atoms with E-state index in [0.29, 0.717) is 0 Å². The number of benzene rings is 1. The molecule has 2 N–H and O–H groups in total. The van der Waals surface area contributed by atoms with Gasteiger partial charge in [-0.05, 0) is 6.92 Å². The van der Waals surface area contributed by atoms with Gasteiger partial charge >= 0.3 is 13.1 Å². The summed E-state index contributed by atoms with van der Waals surface area (Å²) in [6.07, 6.45) is 0. The van der Waals surface area contributed by atoms with Crippen LogP contribution < -0.4 is 14.1 Å². The van der Waals surface area contributed by atoms with Crippen LogP contribution >= 0.6 is 0 Å². The Morgan fingerprint density at radius 3 is 2.94 bits per heavy atom. The molecule has 1 aliphatic heterocycles. The highest BCUT2D eigenvalue weighted by molar-refractivity contribution is 6.44. The van der Waals surface area contributed by atoms with Gasteiger partial charge in [0, 0.05) is 6.07 Å². The van der Waals surface area contributed by atoms with E-state index in [4.69, 9.17) is 19.2 Å². The van der Waals surface area contributed by atoms with E-state index in [2.05, 4.69) is 0 Å². The highest BCUT2D eigenvalue weighted by Gasteiger charge is 2.34. The Balaban J connectivity index is 2.62. The normalized spacial score (nSPS) is 13.4. The van der Waals surface area contributed by atoms with Gasteiger partial charge in [0.15, 0.2) is 17.3 Å². The third-order valence-electron chi connectivity index (χ3n) is 2.29. The van der Waals surface area contributed by atoms with Crippen LogP contribution in [-0.2, 0) is 0 Å². The van der Waals surface area contributed by atoms with Crippen LogP contribution in [0.4, 0.5) is 4.39 Å². The molecule has 18 heavy (non-hydrogen) atoms. The molecule has 0 spiro atoms. The van der Waals surface area contributed by atoms with Gasteiger partial charge in [0.05, 0.1) is 6.61 Å². The van der Waals surface area contributed by atoms with E-state index in [1.807, 2.05) is 0 Å². The maximum Gasteiger partial charge on any atom is 0.563 e. The van der Waals surface area contributed by atoms with Crippen LogP contribution in [0.5, 0.6) is 17.2 Å². The van der Waals surface area contributed by atoms with Gasteiger partial charge in [0.1, 0.15) is 17.8 Å². The number of aromatic carboxylic acids is 1. The maximum atomic E-state index is 13.7. The zero-order chi connectivity index (χ0) is 13.3. The first-order valence-corrected chi connectivity index (χ1v) is 5.24. The summed E-state index contributed by atoms with van der Waals surface area (Å²) in [7, 11) is -1.34. The van der Waals surface area contributed by atoms with E-state index in [-0.39, 0.29) is 35.9 Å². The second-order valence-electron chi connectivity index (χ2n) is 3.51. The van der Waals surface area contributed by atoms with Crippen molar-refractivity contribution >= 4 is 13.1 Å². The molecule has 96 valence electrons. The Morgan fingerprint density at radius 2 is 2.33 bits per heavy atom. The molecule has 6 nitrogen and oxygen atoms in total. The van der Waals surface area contributed by atoms with Crippen molar-refractivity contribution in [1.82, 2.24) is 0 Å². The number of rotatable bonds is 3. The summed E-state index contributed by atoms with van der Waals surface area (Å²) in [6.45, 7) is 1.54. The fraction of sp³-hybridized carbons (Fsp3) is 0.300. The molecule has 2 rings (SSSR count). The van der Waals surface area contributed by atoms with Crippen molar-refractivity contribution in [2.24, 2.45) is 0 Å². The monoisotopic (exact) mass is 256 g/mol. The number of carbonyl (C=O) groups is 1. The van der Waals surface area contributed by atoms with Crippen molar-refractivity contribution in [3.05, 3.63) is 17.4 Å². The van der Waals surface area contributed by atoms with Crippen LogP contribution in [0.1, 0.15) is 17.3 Å². The van der Waals surface area contributed by atoms with Gasteiger partial charge in [-0.15, -0.1) is 0 Å². The molecule has 0 aromatic heterocycles. The third-order valence-corrected chi connectivity index (χ3v) is 2.29. The van der Waals surface area contributed by atoms with Crippen molar-refractivity contribution in [3.8, 4) is 17.2 Å². The number of fused-ring (bicyclic) bond motifs is 1. The van der Waals surface area contributed by atoms with Gasteiger partial charge in [0.2, 0.25) is 0 Å². The van der Waals surface area contributed by atoms with E-state index in [1.165, 1.54) is 0 Å². The molecule has 1 heterocycles. The van der Waals surface area contributed by atoms with Gasteiger partial charge in [-0.3, -0.25) is 0 Å². The molecule has 0 saturated carbocycles. The first-order valence-electron chi connectivity index (χ1n) is 5.24. The molecular weight excluding hydrogens is 246 g/mol. The largest absolute Gasteiger partial charge is 0.563 e. The Labute approximate surface area is 102 Å². The summed E-state index contributed by atoms with van der Waals surface area (Å²) in [6, 6.07) is 0.923. The van der Waals surface area contributed by atoms with Crippen molar-refractivity contribution in [2.75, 3.05) is 13.1 Å². The summed E-state index contributed by atoms with van der Waals surface area (Å²) >= 11 is 0. The van der Waals surface area contributed by atoms with Gasteiger partial charge in [0.25, 0.3) is 0 Å². The molecule has 0 atom stereocenters. The van der Waals surface area contributed by atoms with Gasteiger partial charge < -0.3 is 24.3 Å². The Kier molecular flexibility index (Phi) is 3.29. The fourth-order valence-corrected chi connectivity index (χ4v) is 1.63. The van der Waals surface area contributed by atoms with E-state index < -0.39 is 18.9 Å². The van der Waals surface area contributed by atoms with Gasteiger partial charge in [-0.1, -0.05) is 0 Å². The molecular formula is C10H10BFO6. The van der Waals surface area contributed by atoms with Crippen LogP contribution in [0, 0.1) is 5.82 Å². The molecule has 0 aliphatic carbocycles. The minimum absolute atomic E-state index is 0.168. The Bertz CT molecular complexity index is 492. The zero-order valence-corrected chi connectivity index (χ0v) is 9.47. The van der Waals surface area contributed by atoms with Crippen molar-refractivity contribution in [1.29, 1.82) is 0 Å². The molecule has 0 bridgehead atoms. The first kappa shape index (κ1) is 12.5. The predicted molar refractivity (Wildman–Crippen MR) is 58.6 cm³/mol. The molecule has 0 unspecified atom stereocenters. The highest BCUT2D eigenvalue weighted by atomic mass is 19.1. The summed E-state index contributed by atoms with van der Waals surface area (Å²) in [4.78, 5) is 11.2. The number of hydrogen-bond donors (Lipinski definition) is 2. The molecule has 0 amide bonds. The number of ether oxygens (including phenoxy) is 2. The average molecular weight is 256 g/mol. The fourth-order valence-electron chi connectivity index (χ4n) is 1.63. The zero-order valence-electron chi connectivity index (χ0n) is 9.47. The minimum atomic E-state index is -1.35. The van der Waals surface area contributed by atoms with Crippen molar-refractivity contribution in [3.63, 3.8) is 0 Å². The van der Waals surface area contributed by atoms with Crippen molar-refractivity contribution in [2.45, 2.75) is 6.92 Å². The molecule has 8 heteroatoms. The SMILES string of the molecule is CCOc1cc(F)c2c(c1C(=O)O)OB(O)CO2. The summed E-state index contributed by atoms with van der Waals surface area (Å²) in [5.74, 6) is -3.01. The first-order chi connectivity index (χ1) is 8.54. The van der Waals surface area contributed by atoms with Gasteiger partial charge in [-0.2, -0.15) is 0 Å². The second-order valence-corrected chi connectivity index (χ2v) is 3.51. The average Bonchev–Trinajstić information content (AvgIpc) is 2.28. The third kappa shape index (κ3) is 2.06. The number of halogens is 1. The summed E-state index contributed by atoms with van der Waals surface area (Å²) < 4.78 is 28.6. The molecule has 1 aromatic carbocycles. The number of carboxylic acids is 1.